The number of rotatable bonds is 2. The minimum atomic E-state index is -0.272. The maximum atomic E-state index is 13.5. The quantitative estimate of drug-likeness (QED) is 0.715. The molecule has 0 spiro atoms. The van der Waals surface area contributed by atoms with Gasteiger partial charge in [0.25, 0.3) is 0 Å². The first-order chi connectivity index (χ1) is 10.2. The molecule has 3 heterocycles. The van der Waals surface area contributed by atoms with Crippen molar-refractivity contribution >= 4 is 32.7 Å². The number of aromatic nitrogens is 4. The van der Waals surface area contributed by atoms with E-state index in [1.807, 2.05) is 10.9 Å². The van der Waals surface area contributed by atoms with E-state index in [1.165, 1.54) is 18.5 Å². The molecule has 0 aliphatic carbocycles. The highest BCUT2D eigenvalue weighted by atomic mass is 79.9. The van der Waals surface area contributed by atoms with Crippen molar-refractivity contribution in [1.29, 1.82) is 0 Å². The molecule has 5 nitrogen and oxygen atoms in total. The average molecular weight is 348 g/mol. The van der Waals surface area contributed by atoms with E-state index in [0.29, 0.717) is 6.04 Å². The highest BCUT2D eigenvalue weighted by molar-refractivity contribution is 9.10. The van der Waals surface area contributed by atoms with Crippen LogP contribution in [0.4, 0.5) is 10.2 Å². The van der Waals surface area contributed by atoms with Crippen molar-refractivity contribution in [3.05, 3.63) is 47.2 Å². The summed E-state index contributed by atoms with van der Waals surface area (Å²) in [5.41, 5.74) is 0.756. The zero-order chi connectivity index (χ0) is 14.4. The third-order valence-electron chi connectivity index (χ3n) is 3.68. The van der Waals surface area contributed by atoms with E-state index >= 15 is 0 Å². The van der Waals surface area contributed by atoms with Crippen LogP contribution in [0.3, 0.4) is 0 Å². The Kier molecular flexibility index (Phi) is 2.88. The number of hydrogen-bond donors (Lipinski definition) is 0. The Bertz CT molecular complexity index is 812. The van der Waals surface area contributed by atoms with Gasteiger partial charge in [0, 0.05) is 24.7 Å². The van der Waals surface area contributed by atoms with Crippen molar-refractivity contribution < 1.29 is 4.39 Å². The molecule has 0 saturated carbocycles. The van der Waals surface area contributed by atoms with E-state index in [9.17, 15) is 4.39 Å². The molecule has 3 aromatic rings. The van der Waals surface area contributed by atoms with Gasteiger partial charge < -0.3 is 4.90 Å². The number of fused-ring (bicyclic) bond motifs is 1. The van der Waals surface area contributed by atoms with Gasteiger partial charge in [0.05, 0.1) is 22.2 Å². The molecule has 1 aliphatic heterocycles. The van der Waals surface area contributed by atoms with Gasteiger partial charge in [-0.3, -0.25) is 4.68 Å². The lowest BCUT2D eigenvalue weighted by Gasteiger charge is -2.40. The first kappa shape index (κ1) is 12.7. The van der Waals surface area contributed by atoms with Crippen LogP contribution >= 0.6 is 15.9 Å². The van der Waals surface area contributed by atoms with Gasteiger partial charge >= 0.3 is 0 Å². The molecule has 1 aliphatic rings. The maximum Gasteiger partial charge on any atom is 0.140 e. The summed E-state index contributed by atoms with van der Waals surface area (Å²) in [5.74, 6) is 0.508. The van der Waals surface area contributed by atoms with Crippen LogP contribution in [-0.2, 0) is 0 Å². The van der Waals surface area contributed by atoms with Crippen LogP contribution in [0.15, 0.2) is 41.4 Å². The molecule has 7 heteroatoms. The van der Waals surface area contributed by atoms with Crippen LogP contribution < -0.4 is 4.90 Å². The topological polar surface area (TPSA) is 46.8 Å². The van der Waals surface area contributed by atoms with E-state index in [1.54, 1.807) is 12.3 Å². The fraction of sp³-hybridized carbons (Fsp3) is 0.214. The summed E-state index contributed by atoms with van der Waals surface area (Å²) < 4.78 is 16.4. The number of anilines is 1. The molecular formula is C14H11BrFN5. The molecule has 21 heavy (non-hydrogen) atoms. The zero-order valence-electron chi connectivity index (χ0n) is 10.9. The Hall–Kier alpha value is -2.02. The lowest BCUT2D eigenvalue weighted by molar-refractivity contribution is 0.366. The van der Waals surface area contributed by atoms with Crippen molar-refractivity contribution in [2.45, 2.75) is 6.04 Å². The highest BCUT2D eigenvalue weighted by Gasteiger charge is 2.30. The largest absolute Gasteiger partial charge is 0.352 e. The van der Waals surface area contributed by atoms with E-state index in [4.69, 9.17) is 0 Å². The number of benzene rings is 1. The molecule has 0 amide bonds. The molecule has 0 bridgehead atoms. The fourth-order valence-corrected chi connectivity index (χ4v) is 2.88. The Labute approximate surface area is 128 Å². The van der Waals surface area contributed by atoms with Gasteiger partial charge in [-0.2, -0.15) is 5.10 Å². The summed E-state index contributed by atoms with van der Waals surface area (Å²) in [5, 5.41) is 5.04. The van der Waals surface area contributed by atoms with Crippen LogP contribution in [0.25, 0.3) is 10.9 Å². The predicted octanol–water partition coefficient (Wildman–Crippen LogP) is 2.79. The van der Waals surface area contributed by atoms with Crippen molar-refractivity contribution in [1.82, 2.24) is 19.7 Å². The van der Waals surface area contributed by atoms with E-state index < -0.39 is 0 Å². The summed E-state index contributed by atoms with van der Waals surface area (Å²) >= 11 is 3.40. The van der Waals surface area contributed by atoms with Crippen LogP contribution in [-0.4, -0.2) is 32.8 Å². The molecular weight excluding hydrogens is 337 g/mol. The second-order valence-corrected chi connectivity index (χ2v) is 5.97. The average Bonchev–Trinajstić information content (AvgIpc) is 2.84. The second kappa shape index (κ2) is 4.77. The summed E-state index contributed by atoms with van der Waals surface area (Å²) in [6, 6.07) is 4.90. The van der Waals surface area contributed by atoms with Gasteiger partial charge in [-0.25, -0.2) is 14.4 Å². The van der Waals surface area contributed by atoms with Crippen LogP contribution in [0.2, 0.25) is 0 Å². The molecule has 4 rings (SSSR count). The highest BCUT2D eigenvalue weighted by Crippen LogP contribution is 2.31. The van der Waals surface area contributed by atoms with Gasteiger partial charge in [0.1, 0.15) is 18.0 Å². The lowest BCUT2D eigenvalue weighted by atomic mass is 10.1. The molecule has 1 saturated heterocycles. The van der Waals surface area contributed by atoms with Gasteiger partial charge in [-0.15, -0.1) is 0 Å². The molecule has 106 valence electrons. The maximum absolute atomic E-state index is 13.5. The molecule has 1 fully saturated rings. The summed E-state index contributed by atoms with van der Waals surface area (Å²) in [6.45, 7) is 1.60. The molecule has 0 N–H and O–H groups in total. The van der Waals surface area contributed by atoms with Crippen molar-refractivity contribution in [2.24, 2.45) is 0 Å². The lowest BCUT2D eigenvalue weighted by Crippen LogP contribution is -2.48. The number of hydrogen-bond acceptors (Lipinski definition) is 4. The predicted molar refractivity (Wildman–Crippen MR) is 80.7 cm³/mol. The third-order valence-corrected chi connectivity index (χ3v) is 4.09. The first-order valence-corrected chi connectivity index (χ1v) is 7.35. The van der Waals surface area contributed by atoms with Gasteiger partial charge in [0.2, 0.25) is 0 Å². The summed E-state index contributed by atoms with van der Waals surface area (Å²) in [4.78, 5) is 10.6. The van der Waals surface area contributed by atoms with Crippen LogP contribution in [0.5, 0.6) is 0 Å². The van der Waals surface area contributed by atoms with E-state index in [0.717, 1.165) is 34.3 Å². The standard InChI is InChI=1S/C14H11BrFN5/c15-9-4-19-21(5-9)11-6-20(7-11)14-12-3-10(16)1-2-13(12)17-8-18-14/h1-5,8,11H,6-7H2. The molecule has 1 aromatic carbocycles. The number of halogens is 2. The minimum Gasteiger partial charge on any atom is -0.352 e. The van der Waals surface area contributed by atoms with Crippen LogP contribution in [0, 0.1) is 5.82 Å². The first-order valence-electron chi connectivity index (χ1n) is 6.55. The Morgan fingerprint density at radius 3 is 2.86 bits per heavy atom. The van der Waals surface area contributed by atoms with Gasteiger partial charge in [-0.1, -0.05) is 0 Å². The third kappa shape index (κ3) is 2.17. The van der Waals surface area contributed by atoms with Crippen molar-refractivity contribution in [3.8, 4) is 0 Å². The Balaban J connectivity index is 1.63. The molecule has 2 aromatic heterocycles. The van der Waals surface area contributed by atoms with E-state index in [-0.39, 0.29) is 5.82 Å². The second-order valence-electron chi connectivity index (χ2n) is 5.06. The monoisotopic (exact) mass is 347 g/mol. The molecule has 0 unspecified atom stereocenters. The number of nitrogens with zero attached hydrogens (tertiary/aromatic N) is 5. The smallest absolute Gasteiger partial charge is 0.140 e. The van der Waals surface area contributed by atoms with Gasteiger partial charge in [0.15, 0.2) is 0 Å². The minimum absolute atomic E-state index is 0.272. The Morgan fingerprint density at radius 2 is 2.10 bits per heavy atom. The SMILES string of the molecule is Fc1ccc2ncnc(N3CC(n4cc(Br)cn4)C3)c2c1. The molecule has 0 atom stereocenters. The van der Waals surface area contributed by atoms with Crippen molar-refractivity contribution in [2.75, 3.05) is 18.0 Å². The zero-order valence-corrected chi connectivity index (χ0v) is 12.5. The summed E-state index contributed by atoms with van der Waals surface area (Å²) in [7, 11) is 0. The molecule has 0 radical (unpaired) electrons. The van der Waals surface area contributed by atoms with Crippen LogP contribution in [0.1, 0.15) is 6.04 Å². The van der Waals surface area contributed by atoms with Gasteiger partial charge in [-0.05, 0) is 34.1 Å². The Morgan fingerprint density at radius 1 is 1.24 bits per heavy atom. The normalized spacial score (nSPS) is 15.4. The van der Waals surface area contributed by atoms with E-state index in [2.05, 4.69) is 35.9 Å². The fourth-order valence-electron chi connectivity index (χ4n) is 2.58. The van der Waals surface area contributed by atoms with Crippen molar-refractivity contribution in [3.63, 3.8) is 0 Å². The summed E-state index contributed by atoms with van der Waals surface area (Å²) in [6.07, 6.45) is 5.26.